The number of amides is 1. The molecule has 0 aliphatic carbocycles. The summed E-state index contributed by atoms with van der Waals surface area (Å²) in [6.07, 6.45) is 32.8. The molecule has 0 radical (unpaired) electrons. The first-order chi connectivity index (χ1) is 22.1. The molecular weight excluding hydrogens is 560 g/mol. The molecule has 0 fully saturated rings. The van der Waals surface area contributed by atoms with E-state index in [1.807, 2.05) is 0 Å². The van der Waals surface area contributed by atoms with Crippen molar-refractivity contribution in [1.29, 1.82) is 0 Å². The molecule has 0 saturated heterocycles. The molecule has 1 N–H and O–H groups in total. The van der Waals surface area contributed by atoms with Crippen LogP contribution in [0, 0.1) is 0 Å². The summed E-state index contributed by atoms with van der Waals surface area (Å²) < 4.78 is 10.9. The molecule has 0 aromatic rings. The minimum atomic E-state index is -0.0324. The van der Waals surface area contributed by atoms with Gasteiger partial charge in [-0.1, -0.05) is 136 Å². The molecule has 45 heavy (non-hydrogen) atoms. The Hall–Kier alpha value is -1.14. The lowest BCUT2D eigenvalue weighted by atomic mass is 10.0. The van der Waals surface area contributed by atoms with Gasteiger partial charge < -0.3 is 19.7 Å². The van der Waals surface area contributed by atoms with Crippen molar-refractivity contribution < 1.29 is 19.1 Å². The number of methoxy groups -OCH3 is 1. The predicted octanol–water partition coefficient (Wildman–Crippen LogP) is 10.6. The zero-order valence-electron chi connectivity index (χ0n) is 30.8. The second-order valence-electron chi connectivity index (χ2n) is 13.5. The SMILES string of the molecule is CCCCCCCCC(CCCCCCCC)OC(=O)CCCCCCCN(CCCCCCCC)CCCNC(=O)COC. The van der Waals surface area contributed by atoms with E-state index in [0.29, 0.717) is 13.0 Å². The van der Waals surface area contributed by atoms with Gasteiger partial charge in [0.2, 0.25) is 5.91 Å². The number of rotatable bonds is 36. The maximum absolute atomic E-state index is 12.7. The van der Waals surface area contributed by atoms with Crippen LogP contribution in [0.5, 0.6) is 0 Å². The fraction of sp³-hybridized carbons (Fsp3) is 0.949. The maximum Gasteiger partial charge on any atom is 0.306 e. The third-order valence-electron chi connectivity index (χ3n) is 8.99. The first-order valence-corrected chi connectivity index (χ1v) is 19.7. The van der Waals surface area contributed by atoms with Crippen LogP contribution in [0.25, 0.3) is 0 Å². The van der Waals surface area contributed by atoms with Gasteiger partial charge in [0.1, 0.15) is 12.7 Å². The molecule has 0 atom stereocenters. The van der Waals surface area contributed by atoms with Gasteiger partial charge in [-0.25, -0.2) is 0 Å². The minimum Gasteiger partial charge on any atom is -0.462 e. The number of ether oxygens (including phenoxy) is 2. The van der Waals surface area contributed by atoms with Gasteiger partial charge in [-0.2, -0.15) is 0 Å². The highest BCUT2D eigenvalue weighted by atomic mass is 16.5. The van der Waals surface area contributed by atoms with Gasteiger partial charge >= 0.3 is 5.97 Å². The van der Waals surface area contributed by atoms with Crippen molar-refractivity contribution in [1.82, 2.24) is 10.2 Å². The Labute approximate surface area is 280 Å². The van der Waals surface area contributed by atoms with Gasteiger partial charge in [-0.05, 0) is 71.0 Å². The number of nitrogens with one attached hydrogen (secondary N) is 1. The van der Waals surface area contributed by atoms with Gasteiger partial charge in [-0.15, -0.1) is 0 Å². The number of hydrogen-bond donors (Lipinski definition) is 1. The van der Waals surface area contributed by atoms with Crippen molar-refractivity contribution in [2.45, 2.75) is 200 Å². The smallest absolute Gasteiger partial charge is 0.306 e. The van der Waals surface area contributed by atoms with Crippen molar-refractivity contribution in [2.24, 2.45) is 0 Å². The topological polar surface area (TPSA) is 67.9 Å². The average molecular weight is 639 g/mol. The minimum absolute atomic E-state index is 0.0275. The first kappa shape index (κ1) is 43.9. The molecule has 0 unspecified atom stereocenters. The van der Waals surface area contributed by atoms with Crippen LogP contribution in [0.2, 0.25) is 0 Å². The van der Waals surface area contributed by atoms with Crippen molar-refractivity contribution >= 4 is 11.9 Å². The van der Waals surface area contributed by atoms with Gasteiger partial charge in [0.05, 0.1) is 0 Å². The highest BCUT2D eigenvalue weighted by molar-refractivity contribution is 5.77. The zero-order valence-corrected chi connectivity index (χ0v) is 30.8. The third kappa shape index (κ3) is 32.6. The van der Waals surface area contributed by atoms with Crippen molar-refractivity contribution in [3.8, 4) is 0 Å². The summed E-state index contributed by atoms with van der Waals surface area (Å²) in [7, 11) is 1.55. The molecule has 0 bridgehead atoms. The summed E-state index contributed by atoms with van der Waals surface area (Å²) in [4.78, 5) is 27.0. The highest BCUT2D eigenvalue weighted by Gasteiger charge is 2.14. The van der Waals surface area contributed by atoms with Crippen LogP contribution in [-0.4, -0.2) is 62.8 Å². The second kappa shape index (κ2) is 35.7. The Morgan fingerprint density at radius 3 is 1.47 bits per heavy atom. The lowest BCUT2D eigenvalue weighted by Gasteiger charge is -2.22. The number of carbonyl (C=O) groups is 2. The summed E-state index contributed by atoms with van der Waals surface area (Å²) in [6, 6.07) is 0. The zero-order chi connectivity index (χ0) is 33.1. The van der Waals surface area contributed by atoms with E-state index in [0.717, 1.165) is 51.7 Å². The molecule has 0 spiro atoms. The van der Waals surface area contributed by atoms with Crippen molar-refractivity contribution in [2.75, 3.05) is 39.9 Å². The summed E-state index contributed by atoms with van der Waals surface area (Å²) in [6.45, 7) is 11.0. The fourth-order valence-corrected chi connectivity index (χ4v) is 6.11. The van der Waals surface area contributed by atoms with Gasteiger partial charge in [0, 0.05) is 20.1 Å². The molecule has 0 heterocycles. The van der Waals surface area contributed by atoms with Crippen LogP contribution in [0.1, 0.15) is 194 Å². The Kier molecular flexibility index (Phi) is 34.8. The van der Waals surface area contributed by atoms with E-state index in [1.54, 1.807) is 7.11 Å². The van der Waals surface area contributed by atoms with Crippen LogP contribution in [0.4, 0.5) is 0 Å². The van der Waals surface area contributed by atoms with E-state index in [-0.39, 0.29) is 24.6 Å². The second-order valence-corrected chi connectivity index (χ2v) is 13.5. The maximum atomic E-state index is 12.7. The molecule has 6 heteroatoms. The molecule has 1 amide bonds. The molecule has 0 aromatic carbocycles. The largest absolute Gasteiger partial charge is 0.462 e. The fourth-order valence-electron chi connectivity index (χ4n) is 6.11. The predicted molar refractivity (Wildman–Crippen MR) is 193 cm³/mol. The van der Waals surface area contributed by atoms with Gasteiger partial charge in [0.15, 0.2) is 0 Å². The number of carbonyl (C=O) groups excluding carboxylic acids is 2. The van der Waals surface area contributed by atoms with E-state index in [1.165, 1.54) is 135 Å². The molecule has 268 valence electrons. The average Bonchev–Trinajstić information content (AvgIpc) is 3.03. The Bertz CT molecular complexity index is 614. The molecule has 0 saturated carbocycles. The summed E-state index contributed by atoms with van der Waals surface area (Å²) in [5.74, 6) is -0.00495. The lowest BCUT2D eigenvalue weighted by Crippen LogP contribution is -2.32. The van der Waals surface area contributed by atoms with Crippen LogP contribution in [0.3, 0.4) is 0 Å². The van der Waals surface area contributed by atoms with E-state index in [9.17, 15) is 9.59 Å². The van der Waals surface area contributed by atoms with Crippen LogP contribution in [0.15, 0.2) is 0 Å². The van der Waals surface area contributed by atoms with Crippen LogP contribution >= 0.6 is 0 Å². The van der Waals surface area contributed by atoms with E-state index in [2.05, 4.69) is 31.0 Å². The molecule has 0 aliphatic heterocycles. The quantitative estimate of drug-likeness (QED) is 0.0546. The van der Waals surface area contributed by atoms with E-state index in [4.69, 9.17) is 9.47 Å². The number of esters is 1. The molecule has 6 nitrogen and oxygen atoms in total. The number of hydrogen-bond acceptors (Lipinski definition) is 5. The summed E-state index contributed by atoms with van der Waals surface area (Å²) in [5.41, 5.74) is 0. The van der Waals surface area contributed by atoms with Gasteiger partial charge in [0.25, 0.3) is 0 Å². The molecular formula is C39H78N2O4. The highest BCUT2D eigenvalue weighted by Crippen LogP contribution is 2.18. The molecule has 0 aromatic heterocycles. The molecule has 0 rings (SSSR count). The number of nitrogens with zero attached hydrogens (tertiary/aromatic N) is 1. The number of unbranched alkanes of at least 4 members (excludes halogenated alkanes) is 19. The van der Waals surface area contributed by atoms with Crippen LogP contribution in [-0.2, 0) is 19.1 Å². The normalized spacial score (nSPS) is 11.5. The van der Waals surface area contributed by atoms with Crippen molar-refractivity contribution in [3.63, 3.8) is 0 Å². The van der Waals surface area contributed by atoms with Crippen LogP contribution < -0.4 is 5.32 Å². The summed E-state index contributed by atoms with van der Waals surface area (Å²) >= 11 is 0. The van der Waals surface area contributed by atoms with E-state index >= 15 is 0 Å². The first-order valence-electron chi connectivity index (χ1n) is 19.7. The van der Waals surface area contributed by atoms with Crippen molar-refractivity contribution in [3.05, 3.63) is 0 Å². The molecule has 0 aliphatic rings. The standard InChI is InChI=1S/C39H78N2O4/c1-5-8-11-14-18-23-29-37(30-24-19-15-12-9-6-2)45-39(43)31-25-20-17-22-27-34-41(33-26-21-16-13-10-7-3)35-28-32-40-38(42)36-44-4/h37H,5-36H2,1-4H3,(H,40,42). The monoisotopic (exact) mass is 639 g/mol. The lowest BCUT2D eigenvalue weighted by molar-refractivity contribution is -0.150. The third-order valence-corrected chi connectivity index (χ3v) is 8.99. The van der Waals surface area contributed by atoms with Gasteiger partial charge in [-0.3, -0.25) is 9.59 Å². The Balaban J connectivity index is 4.29. The Morgan fingerprint density at radius 2 is 0.978 bits per heavy atom. The summed E-state index contributed by atoms with van der Waals surface area (Å²) in [5, 5.41) is 2.95. The van der Waals surface area contributed by atoms with E-state index < -0.39 is 0 Å². The Morgan fingerprint density at radius 1 is 0.556 bits per heavy atom.